The number of aromatic nitrogens is 2. The zero-order valence-electron chi connectivity index (χ0n) is 13.4. The first-order valence-electron chi connectivity index (χ1n) is 7.98. The fourth-order valence-corrected chi connectivity index (χ4v) is 3.54. The van der Waals surface area contributed by atoms with Crippen LogP contribution in [0.15, 0.2) is 18.6 Å². The summed E-state index contributed by atoms with van der Waals surface area (Å²) in [5.41, 5.74) is -0.0780. The predicted molar refractivity (Wildman–Crippen MR) is 83.6 cm³/mol. The van der Waals surface area contributed by atoms with Crippen LogP contribution in [0.25, 0.3) is 0 Å². The minimum atomic E-state index is -0.0780. The minimum absolute atomic E-state index is 0.0780. The van der Waals surface area contributed by atoms with Crippen molar-refractivity contribution in [3.63, 3.8) is 0 Å². The third-order valence-electron chi connectivity index (χ3n) is 5.06. The summed E-state index contributed by atoms with van der Waals surface area (Å²) in [5, 5.41) is 0. The zero-order valence-corrected chi connectivity index (χ0v) is 13.4. The Morgan fingerprint density at radius 1 is 1.41 bits per heavy atom. The van der Waals surface area contributed by atoms with Gasteiger partial charge in [0.05, 0.1) is 11.8 Å². The van der Waals surface area contributed by atoms with Crippen molar-refractivity contribution in [1.29, 1.82) is 0 Å². The maximum atomic E-state index is 11.6. The first-order valence-corrected chi connectivity index (χ1v) is 7.98. The van der Waals surface area contributed by atoms with Crippen LogP contribution in [-0.4, -0.2) is 59.2 Å². The quantitative estimate of drug-likeness (QED) is 0.828. The highest BCUT2D eigenvalue weighted by Crippen LogP contribution is 2.37. The van der Waals surface area contributed by atoms with Crippen LogP contribution in [-0.2, 0) is 9.53 Å². The summed E-state index contributed by atoms with van der Waals surface area (Å²) in [4.78, 5) is 24.3. The monoisotopic (exact) mass is 304 g/mol. The highest BCUT2D eigenvalue weighted by atomic mass is 16.5. The first-order chi connectivity index (χ1) is 10.6. The summed E-state index contributed by atoms with van der Waals surface area (Å²) in [6, 6.07) is 0.300. The molecule has 1 spiro atoms. The van der Waals surface area contributed by atoms with Crippen molar-refractivity contribution in [3.05, 3.63) is 18.6 Å². The average Bonchev–Trinajstić information content (AvgIpc) is 2.56. The average molecular weight is 304 g/mol. The Hall–Kier alpha value is -1.69. The van der Waals surface area contributed by atoms with Gasteiger partial charge in [0.1, 0.15) is 5.82 Å². The van der Waals surface area contributed by atoms with E-state index in [4.69, 9.17) is 4.74 Å². The summed E-state index contributed by atoms with van der Waals surface area (Å²) >= 11 is 0. The molecular weight excluding hydrogens is 280 g/mol. The maximum absolute atomic E-state index is 11.6. The van der Waals surface area contributed by atoms with Crippen molar-refractivity contribution < 1.29 is 9.53 Å². The molecule has 3 heterocycles. The largest absolute Gasteiger partial charge is 0.375 e. The molecule has 2 aliphatic rings. The molecule has 6 nitrogen and oxygen atoms in total. The van der Waals surface area contributed by atoms with Gasteiger partial charge in [0, 0.05) is 52.1 Å². The van der Waals surface area contributed by atoms with Crippen LogP contribution >= 0.6 is 0 Å². The third kappa shape index (κ3) is 3.06. The van der Waals surface area contributed by atoms with Gasteiger partial charge in [-0.3, -0.25) is 9.78 Å². The van der Waals surface area contributed by atoms with Gasteiger partial charge >= 0.3 is 0 Å². The molecule has 1 aromatic rings. The molecule has 0 aromatic carbocycles. The Morgan fingerprint density at radius 2 is 2.18 bits per heavy atom. The molecule has 0 saturated carbocycles. The fourth-order valence-electron chi connectivity index (χ4n) is 3.54. The van der Waals surface area contributed by atoms with Gasteiger partial charge in [0.15, 0.2) is 0 Å². The van der Waals surface area contributed by atoms with Gasteiger partial charge in [0.2, 0.25) is 5.91 Å². The standard InChI is InChI=1S/C16H24N4O2/c1-13(21)19(2)14-3-10-22-16(11-14)4-8-20(9-5-16)15-12-17-6-7-18-15/h6-7,12,14H,3-5,8-11H2,1-2H3. The van der Waals surface area contributed by atoms with Crippen molar-refractivity contribution in [3.8, 4) is 0 Å². The van der Waals surface area contributed by atoms with E-state index in [0.717, 1.165) is 51.2 Å². The van der Waals surface area contributed by atoms with Crippen LogP contribution in [0.3, 0.4) is 0 Å². The molecule has 6 heteroatoms. The van der Waals surface area contributed by atoms with Crippen LogP contribution in [0, 0.1) is 0 Å². The number of piperidine rings is 1. The number of carbonyl (C=O) groups is 1. The Balaban J connectivity index is 1.63. The van der Waals surface area contributed by atoms with E-state index in [1.54, 1.807) is 19.3 Å². The van der Waals surface area contributed by atoms with E-state index in [1.165, 1.54) is 0 Å². The molecule has 0 N–H and O–H groups in total. The molecule has 1 amide bonds. The molecule has 2 aliphatic heterocycles. The van der Waals surface area contributed by atoms with E-state index in [9.17, 15) is 4.79 Å². The van der Waals surface area contributed by atoms with E-state index in [2.05, 4.69) is 14.9 Å². The van der Waals surface area contributed by atoms with Crippen LogP contribution in [0.5, 0.6) is 0 Å². The van der Waals surface area contributed by atoms with E-state index in [-0.39, 0.29) is 11.5 Å². The van der Waals surface area contributed by atoms with Crippen molar-refractivity contribution in [1.82, 2.24) is 14.9 Å². The van der Waals surface area contributed by atoms with E-state index >= 15 is 0 Å². The molecule has 2 saturated heterocycles. The second-order valence-electron chi connectivity index (χ2n) is 6.36. The zero-order chi connectivity index (χ0) is 15.6. The smallest absolute Gasteiger partial charge is 0.219 e. The van der Waals surface area contributed by atoms with E-state index in [0.29, 0.717) is 6.04 Å². The molecule has 0 aliphatic carbocycles. The number of carbonyl (C=O) groups excluding carboxylic acids is 1. The normalized spacial score (nSPS) is 24.3. The molecule has 0 radical (unpaired) electrons. The Morgan fingerprint density at radius 3 is 2.82 bits per heavy atom. The van der Waals surface area contributed by atoms with Crippen molar-refractivity contribution >= 4 is 11.7 Å². The molecule has 120 valence electrons. The summed E-state index contributed by atoms with van der Waals surface area (Å²) in [7, 11) is 1.90. The summed E-state index contributed by atoms with van der Waals surface area (Å²) in [6.07, 6.45) is 9.07. The molecule has 0 bridgehead atoms. The van der Waals surface area contributed by atoms with Gasteiger partial charge in [-0.05, 0) is 25.7 Å². The number of amides is 1. The summed E-state index contributed by atoms with van der Waals surface area (Å²) in [6.45, 7) is 4.23. The van der Waals surface area contributed by atoms with Gasteiger partial charge in [-0.15, -0.1) is 0 Å². The number of ether oxygens (including phenoxy) is 1. The molecule has 1 aromatic heterocycles. The molecule has 1 atom stereocenters. The second kappa shape index (κ2) is 6.20. The van der Waals surface area contributed by atoms with Gasteiger partial charge < -0.3 is 14.5 Å². The lowest BCUT2D eigenvalue weighted by Gasteiger charge is -2.48. The Labute approximate surface area is 131 Å². The van der Waals surface area contributed by atoms with Gasteiger partial charge in [-0.25, -0.2) is 4.98 Å². The SMILES string of the molecule is CC(=O)N(C)C1CCOC2(CCN(c3cnccn3)CC2)C1. The number of hydrogen-bond acceptors (Lipinski definition) is 5. The van der Waals surface area contributed by atoms with Crippen LogP contribution in [0.1, 0.15) is 32.6 Å². The molecule has 2 fully saturated rings. The molecule has 22 heavy (non-hydrogen) atoms. The Bertz CT molecular complexity index is 514. The molecular formula is C16H24N4O2. The number of hydrogen-bond donors (Lipinski definition) is 0. The van der Waals surface area contributed by atoms with Gasteiger partial charge in [-0.2, -0.15) is 0 Å². The number of nitrogens with zero attached hydrogens (tertiary/aromatic N) is 4. The predicted octanol–water partition coefficient (Wildman–Crippen LogP) is 1.47. The second-order valence-corrected chi connectivity index (χ2v) is 6.36. The van der Waals surface area contributed by atoms with E-state index < -0.39 is 0 Å². The number of rotatable bonds is 2. The summed E-state index contributed by atoms with van der Waals surface area (Å²) < 4.78 is 6.15. The molecule has 1 unspecified atom stereocenters. The van der Waals surface area contributed by atoms with Crippen molar-refractivity contribution in [2.75, 3.05) is 31.6 Å². The lowest BCUT2D eigenvalue weighted by Crippen LogP contribution is -2.54. The lowest BCUT2D eigenvalue weighted by molar-refractivity contribution is -0.141. The lowest BCUT2D eigenvalue weighted by atomic mass is 9.82. The van der Waals surface area contributed by atoms with Crippen molar-refractivity contribution in [2.45, 2.75) is 44.2 Å². The number of anilines is 1. The third-order valence-corrected chi connectivity index (χ3v) is 5.06. The summed E-state index contributed by atoms with van der Waals surface area (Å²) in [5.74, 6) is 1.07. The van der Waals surface area contributed by atoms with Crippen LogP contribution in [0.2, 0.25) is 0 Å². The fraction of sp³-hybridized carbons (Fsp3) is 0.688. The topological polar surface area (TPSA) is 58.6 Å². The van der Waals surface area contributed by atoms with Crippen LogP contribution < -0.4 is 4.90 Å². The van der Waals surface area contributed by atoms with Gasteiger partial charge in [0.25, 0.3) is 0 Å². The van der Waals surface area contributed by atoms with Crippen molar-refractivity contribution in [2.24, 2.45) is 0 Å². The van der Waals surface area contributed by atoms with E-state index in [1.807, 2.05) is 18.1 Å². The van der Waals surface area contributed by atoms with Gasteiger partial charge in [-0.1, -0.05) is 0 Å². The molecule has 3 rings (SSSR count). The highest BCUT2D eigenvalue weighted by molar-refractivity contribution is 5.73. The Kier molecular flexibility index (Phi) is 4.29. The van der Waals surface area contributed by atoms with Crippen LogP contribution in [0.4, 0.5) is 5.82 Å². The highest BCUT2D eigenvalue weighted by Gasteiger charge is 2.41. The minimum Gasteiger partial charge on any atom is -0.375 e. The maximum Gasteiger partial charge on any atom is 0.219 e. The first kappa shape index (κ1) is 15.2.